The van der Waals surface area contributed by atoms with Gasteiger partial charge in [0.05, 0.1) is 12.4 Å². The summed E-state index contributed by atoms with van der Waals surface area (Å²) >= 11 is 0. The summed E-state index contributed by atoms with van der Waals surface area (Å²) in [4.78, 5) is 0. The van der Waals surface area contributed by atoms with Crippen LogP contribution in [0, 0.1) is 5.41 Å². The van der Waals surface area contributed by atoms with E-state index in [4.69, 9.17) is 4.18 Å². The molecule has 0 heterocycles. The Morgan fingerprint density at radius 2 is 1.71 bits per heavy atom. The van der Waals surface area contributed by atoms with E-state index in [-0.39, 0.29) is 11.5 Å². The molecule has 1 unspecified atom stereocenters. The highest BCUT2D eigenvalue weighted by molar-refractivity contribution is 7.86. The van der Waals surface area contributed by atoms with Crippen LogP contribution in [0.4, 0.5) is 0 Å². The molecule has 0 spiro atoms. The lowest BCUT2D eigenvalue weighted by Crippen LogP contribution is -2.23. The highest BCUT2D eigenvalue weighted by Crippen LogP contribution is 2.26. The molecule has 0 bridgehead atoms. The van der Waals surface area contributed by atoms with Crippen LogP contribution in [-0.4, -0.2) is 20.8 Å². The molecule has 0 aromatic heterocycles. The summed E-state index contributed by atoms with van der Waals surface area (Å²) < 4.78 is 28.0. The minimum Gasteiger partial charge on any atom is -0.267 e. The quantitative estimate of drug-likeness (QED) is 0.534. The number of hydrogen-bond donors (Lipinski definition) is 0. The van der Waals surface area contributed by atoms with Gasteiger partial charge in [0.1, 0.15) is 0 Å². The van der Waals surface area contributed by atoms with Gasteiger partial charge in [-0.2, -0.15) is 8.42 Å². The summed E-state index contributed by atoms with van der Waals surface area (Å²) in [5, 5.41) is 0. The van der Waals surface area contributed by atoms with Crippen molar-refractivity contribution in [2.45, 2.75) is 59.0 Å². The highest BCUT2D eigenvalue weighted by Gasteiger charge is 2.22. The predicted octanol–water partition coefficient (Wildman–Crippen LogP) is 4.18. The van der Waals surface area contributed by atoms with Crippen LogP contribution in [0.2, 0.25) is 0 Å². The lowest BCUT2D eigenvalue weighted by Gasteiger charge is -2.25. The van der Waals surface area contributed by atoms with E-state index in [1.165, 1.54) is 5.56 Å². The summed E-state index contributed by atoms with van der Waals surface area (Å²) in [6.45, 7) is 6.32. The van der Waals surface area contributed by atoms with E-state index >= 15 is 0 Å². The number of unbranched alkanes of at least 4 members (excludes halogenated alkanes) is 1. The number of benzene rings is 1. The molecule has 0 aliphatic heterocycles. The fourth-order valence-corrected chi connectivity index (χ4v) is 3.12. The third kappa shape index (κ3) is 9.64. The van der Waals surface area contributed by atoms with E-state index in [1.807, 2.05) is 18.2 Å². The Labute approximate surface area is 129 Å². The second-order valence-corrected chi connectivity index (χ2v) is 8.52. The van der Waals surface area contributed by atoms with Gasteiger partial charge in [0, 0.05) is 0 Å². The van der Waals surface area contributed by atoms with Gasteiger partial charge in [0.25, 0.3) is 10.1 Å². The number of rotatable bonds is 8. The molecule has 4 heteroatoms. The summed E-state index contributed by atoms with van der Waals surface area (Å²) in [7, 11) is -3.39. The van der Waals surface area contributed by atoms with Crippen molar-refractivity contribution in [3.63, 3.8) is 0 Å². The topological polar surface area (TPSA) is 43.4 Å². The highest BCUT2D eigenvalue weighted by atomic mass is 32.2. The Hall–Kier alpha value is -0.870. The second kappa shape index (κ2) is 7.95. The molecule has 1 atom stereocenters. The average Bonchev–Trinajstić information content (AvgIpc) is 2.32. The fraction of sp³-hybridized carbons (Fsp3) is 0.647. The summed E-state index contributed by atoms with van der Waals surface area (Å²) in [6, 6.07) is 10.4. The first-order chi connectivity index (χ1) is 9.66. The SMILES string of the molecule is CC(C)(C)CC(CCCCc1ccccc1)OS(C)(=O)=O. The average molecular weight is 312 g/mol. The van der Waals surface area contributed by atoms with Crippen molar-refractivity contribution in [3.8, 4) is 0 Å². The zero-order valence-electron chi connectivity index (χ0n) is 13.6. The molecule has 0 radical (unpaired) electrons. The Kier molecular flexibility index (Phi) is 6.88. The monoisotopic (exact) mass is 312 g/mol. The van der Waals surface area contributed by atoms with E-state index in [0.717, 1.165) is 38.4 Å². The van der Waals surface area contributed by atoms with Crippen LogP contribution in [0.1, 0.15) is 52.0 Å². The molecule has 1 aromatic carbocycles. The predicted molar refractivity (Wildman–Crippen MR) is 87.8 cm³/mol. The van der Waals surface area contributed by atoms with Crippen molar-refractivity contribution >= 4 is 10.1 Å². The maximum Gasteiger partial charge on any atom is 0.264 e. The Balaban J connectivity index is 2.42. The number of aryl methyl sites for hydroxylation is 1. The standard InChI is InChI=1S/C17H28O3S/c1-17(2,3)14-16(20-21(4,18)19)13-9-8-12-15-10-6-5-7-11-15/h5-7,10-11,16H,8-9,12-14H2,1-4H3. The van der Waals surface area contributed by atoms with E-state index in [0.29, 0.717) is 0 Å². The minimum absolute atomic E-state index is 0.0643. The first kappa shape index (κ1) is 18.2. The van der Waals surface area contributed by atoms with Gasteiger partial charge in [-0.3, -0.25) is 4.18 Å². The van der Waals surface area contributed by atoms with Crippen LogP contribution in [-0.2, 0) is 20.7 Å². The summed E-state index contributed by atoms with van der Waals surface area (Å²) in [5.41, 5.74) is 1.39. The molecular formula is C17H28O3S. The van der Waals surface area contributed by atoms with Crippen molar-refractivity contribution < 1.29 is 12.6 Å². The van der Waals surface area contributed by atoms with Gasteiger partial charge in [0.2, 0.25) is 0 Å². The van der Waals surface area contributed by atoms with Crippen molar-refractivity contribution in [3.05, 3.63) is 35.9 Å². The van der Waals surface area contributed by atoms with E-state index < -0.39 is 10.1 Å². The van der Waals surface area contributed by atoms with Crippen molar-refractivity contribution in [1.29, 1.82) is 0 Å². The van der Waals surface area contributed by atoms with Crippen LogP contribution in [0.15, 0.2) is 30.3 Å². The van der Waals surface area contributed by atoms with Gasteiger partial charge in [-0.1, -0.05) is 57.5 Å². The van der Waals surface area contributed by atoms with Crippen LogP contribution in [0.5, 0.6) is 0 Å². The molecular weight excluding hydrogens is 284 g/mol. The first-order valence-electron chi connectivity index (χ1n) is 7.58. The molecule has 3 nitrogen and oxygen atoms in total. The van der Waals surface area contributed by atoms with E-state index in [1.54, 1.807) is 0 Å². The maximum absolute atomic E-state index is 11.4. The molecule has 1 rings (SSSR count). The third-order valence-electron chi connectivity index (χ3n) is 3.24. The van der Waals surface area contributed by atoms with Gasteiger partial charge in [-0.15, -0.1) is 0 Å². The van der Waals surface area contributed by atoms with Gasteiger partial charge in [-0.05, 0) is 36.7 Å². The van der Waals surface area contributed by atoms with Crippen molar-refractivity contribution in [1.82, 2.24) is 0 Å². The summed E-state index contributed by atoms with van der Waals surface area (Å²) in [6.07, 6.45) is 5.52. The fourth-order valence-electron chi connectivity index (χ4n) is 2.46. The molecule has 120 valence electrons. The Morgan fingerprint density at radius 3 is 2.24 bits per heavy atom. The molecule has 0 N–H and O–H groups in total. The second-order valence-electron chi connectivity index (χ2n) is 6.92. The largest absolute Gasteiger partial charge is 0.267 e. The Bertz CT molecular complexity index is 501. The molecule has 0 saturated carbocycles. The van der Waals surface area contributed by atoms with Crippen LogP contribution in [0.25, 0.3) is 0 Å². The molecule has 21 heavy (non-hydrogen) atoms. The molecule has 0 amide bonds. The zero-order chi connectivity index (χ0) is 15.9. The zero-order valence-corrected chi connectivity index (χ0v) is 14.4. The van der Waals surface area contributed by atoms with Gasteiger partial charge < -0.3 is 0 Å². The third-order valence-corrected chi connectivity index (χ3v) is 3.86. The van der Waals surface area contributed by atoms with Gasteiger partial charge in [-0.25, -0.2) is 0 Å². The number of hydrogen-bond acceptors (Lipinski definition) is 3. The Morgan fingerprint density at radius 1 is 1.10 bits per heavy atom. The van der Waals surface area contributed by atoms with E-state index in [9.17, 15) is 8.42 Å². The smallest absolute Gasteiger partial charge is 0.264 e. The molecule has 0 fully saturated rings. The lowest BCUT2D eigenvalue weighted by molar-refractivity contribution is 0.141. The molecule has 0 aliphatic rings. The molecule has 0 aliphatic carbocycles. The van der Waals surface area contributed by atoms with Gasteiger partial charge in [0.15, 0.2) is 0 Å². The summed E-state index contributed by atoms with van der Waals surface area (Å²) in [5.74, 6) is 0. The van der Waals surface area contributed by atoms with Gasteiger partial charge >= 0.3 is 0 Å². The van der Waals surface area contributed by atoms with Crippen molar-refractivity contribution in [2.75, 3.05) is 6.26 Å². The van der Waals surface area contributed by atoms with E-state index in [2.05, 4.69) is 32.9 Å². The maximum atomic E-state index is 11.4. The molecule has 0 saturated heterocycles. The van der Waals surface area contributed by atoms with Crippen molar-refractivity contribution in [2.24, 2.45) is 5.41 Å². The minimum atomic E-state index is -3.39. The normalized spacial score (nSPS) is 14.1. The lowest BCUT2D eigenvalue weighted by atomic mass is 9.87. The van der Waals surface area contributed by atoms with Crippen LogP contribution >= 0.6 is 0 Å². The van der Waals surface area contributed by atoms with Crippen LogP contribution < -0.4 is 0 Å². The molecule has 1 aromatic rings. The van der Waals surface area contributed by atoms with Crippen LogP contribution in [0.3, 0.4) is 0 Å². The first-order valence-corrected chi connectivity index (χ1v) is 9.39.